The lowest BCUT2D eigenvalue weighted by Gasteiger charge is -2.35. The van der Waals surface area contributed by atoms with Crippen LogP contribution in [0.4, 0.5) is 10.2 Å². The number of hydrogen-bond acceptors (Lipinski definition) is 9. The lowest BCUT2D eigenvalue weighted by atomic mass is 9.90. The van der Waals surface area contributed by atoms with Crippen molar-refractivity contribution in [1.82, 2.24) is 30.2 Å². The maximum absolute atomic E-state index is 16.9. The molecule has 46 heavy (non-hydrogen) atoms. The highest BCUT2D eigenvalue weighted by molar-refractivity contribution is 6.02. The number of fused-ring (bicyclic) bond motifs is 7. The molecule has 3 saturated heterocycles. The van der Waals surface area contributed by atoms with Crippen molar-refractivity contribution in [1.29, 1.82) is 0 Å². The van der Waals surface area contributed by atoms with Crippen molar-refractivity contribution in [2.45, 2.75) is 49.9 Å². The number of terminal acetylenes is 1. The molecule has 9 rings (SSSR count). The zero-order chi connectivity index (χ0) is 31.0. The first-order valence-corrected chi connectivity index (χ1v) is 15.9. The third kappa shape index (κ3) is 4.15. The van der Waals surface area contributed by atoms with Crippen molar-refractivity contribution >= 4 is 27.5 Å². The Labute approximate surface area is 265 Å². The molecular weight excluding hydrogens is 581 g/mol. The molecule has 2 aromatic carbocycles. The largest absolute Gasteiger partial charge is 0.508 e. The summed E-state index contributed by atoms with van der Waals surface area (Å²) < 4.78 is 23.4. The van der Waals surface area contributed by atoms with Gasteiger partial charge in [-0.05, 0) is 67.4 Å². The SMILES string of the molecule is C#Cc1cccc2cc(O)cc(-c3ncc4c(N5C[C@H]6CC[C@@H](C5)N6)nc(OCC56CCCN5Cc5ncccc56)nc4c3F)c12. The van der Waals surface area contributed by atoms with E-state index in [1.165, 1.54) is 11.6 Å². The monoisotopic (exact) mass is 613 g/mol. The number of anilines is 1. The van der Waals surface area contributed by atoms with E-state index in [1.807, 2.05) is 24.4 Å². The van der Waals surface area contributed by atoms with Gasteiger partial charge in [0.15, 0.2) is 5.82 Å². The standard InChI is InChI=1S/C36H32FN7O2/c1-2-21-6-3-7-22-14-25(45)15-26(30(21)22)32-31(37)33-27(16-39-32)34(43-17-23-9-10-24(18-43)40-23)42-35(41-33)46-20-36-11-5-13-44(36)19-29-28(36)8-4-12-38-29/h1,3-4,6-8,12,14-16,23-24,40,45H,5,9-11,13,17-20H2/t23-,24+,36?. The maximum Gasteiger partial charge on any atom is 0.319 e. The Morgan fingerprint density at radius 1 is 1.11 bits per heavy atom. The zero-order valence-corrected chi connectivity index (χ0v) is 25.2. The number of benzene rings is 2. The number of halogens is 1. The summed E-state index contributed by atoms with van der Waals surface area (Å²) in [7, 11) is 0. The van der Waals surface area contributed by atoms with Gasteiger partial charge in [-0.15, -0.1) is 6.42 Å². The number of aromatic nitrogens is 4. The van der Waals surface area contributed by atoms with E-state index in [2.05, 4.69) is 37.1 Å². The van der Waals surface area contributed by atoms with E-state index in [-0.39, 0.29) is 28.5 Å². The minimum Gasteiger partial charge on any atom is -0.508 e. The van der Waals surface area contributed by atoms with Gasteiger partial charge >= 0.3 is 6.01 Å². The topological polar surface area (TPSA) is 99.5 Å². The third-order valence-electron chi connectivity index (χ3n) is 10.3. The van der Waals surface area contributed by atoms with Gasteiger partial charge in [-0.3, -0.25) is 14.9 Å². The Morgan fingerprint density at radius 3 is 2.83 bits per heavy atom. The molecule has 0 saturated carbocycles. The average molecular weight is 614 g/mol. The fraction of sp³-hybridized carbons (Fsp3) is 0.333. The lowest BCUT2D eigenvalue weighted by molar-refractivity contribution is 0.0825. The van der Waals surface area contributed by atoms with Crippen molar-refractivity contribution in [3.8, 4) is 35.4 Å². The number of hydrogen-bond donors (Lipinski definition) is 2. The van der Waals surface area contributed by atoms with Crippen LogP contribution in [0.2, 0.25) is 0 Å². The molecule has 2 N–H and O–H groups in total. The van der Waals surface area contributed by atoms with E-state index < -0.39 is 5.82 Å². The van der Waals surface area contributed by atoms with Crippen LogP contribution in [0, 0.1) is 18.2 Å². The van der Waals surface area contributed by atoms with E-state index in [0.717, 1.165) is 57.6 Å². The van der Waals surface area contributed by atoms with Gasteiger partial charge in [-0.25, -0.2) is 4.39 Å². The van der Waals surface area contributed by atoms with E-state index in [9.17, 15) is 5.11 Å². The Hall–Kier alpha value is -4.85. The number of phenols is 1. The predicted molar refractivity (Wildman–Crippen MR) is 173 cm³/mol. The van der Waals surface area contributed by atoms with Crippen LogP contribution in [0.15, 0.2) is 54.9 Å². The number of ether oxygens (including phenoxy) is 1. The molecule has 3 aromatic heterocycles. The average Bonchev–Trinajstić information content (AvgIpc) is 3.73. The summed E-state index contributed by atoms with van der Waals surface area (Å²) in [4.78, 5) is 23.6. The molecule has 5 aromatic rings. The number of nitrogens with one attached hydrogen (secondary N) is 1. The third-order valence-corrected chi connectivity index (χ3v) is 10.3. The molecule has 3 fully saturated rings. The maximum atomic E-state index is 16.9. The van der Waals surface area contributed by atoms with Crippen LogP contribution in [-0.2, 0) is 12.1 Å². The normalized spacial score (nSPS) is 23.5. The molecule has 9 nitrogen and oxygen atoms in total. The highest BCUT2D eigenvalue weighted by Crippen LogP contribution is 2.46. The van der Waals surface area contributed by atoms with Gasteiger partial charge in [0.25, 0.3) is 0 Å². The van der Waals surface area contributed by atoms with Gasteiger partial charge in [0.05, 0.1) is 16.6 Å². The van der Waals surface area contributed by atoms with Crippen molar-refractivity contribution in [2.24, 2.45) is 0 Å². The minimum absolute atomic E-state index is 0.00614. The summed E-state index contributed by atoms with van der Waals surface area (Å²) in [6.07, 6.45) is 13.5. The van der Waals surface area contributed by atoms with Gasteiger partial charge in [0.1, 0.15) is 29.4 Å². The molecular formula is C36H32FN7O2. The van der Waals surface area contributed by atoms with Gasteiger partial charge in [0.2, 0.25) is 0 Å². The molecule has 3 atom stereocenters. The van der Waals surface area contributed by atoms with Crippen LogP contribution in [-0.4, -0.2) is 68.3 Å². The second-order valence-corrected chi connectivity index (χ2v) is 12.9. The van der Waals surface area contributed by atoms with Crippen LogP contribution in [0.5, 0.6) is 11.8 Å². The summed E-state index contributed by atoms with van der Waals surface area (Å²) in [5, 5.41) is 16.1. The Balaban J connectivity index is 1.19. The number of aromatic hydroxyl groups is 1. The van der Waals surface area contributed by atoms with Crippen molar-refractivity contribution in [3.05, 3.63) is 77.5 Å². The van der Waals surface area contributed by atoms with Gasteiger partial charge in [-0.1, -0.05) is 24.1 Å². The van der Waals surface area contributed by atoms with E-state index in [1.54, 1.807) is 18.3 Å². The van der Waals surface area contributed by atoms with Crippen LogP contribution < -0.4 is 15.0 Å². The van der Waals surface area contributed by atoms with E-state index in [4.69, 9.17) is 21.1 Å². The summed E-state index contributed by atoms with van der Waals surface area (Å²) in [5.41, 5.74) is 3.12. The molecule has 4 aliphatic heterocycles. The smallest absolute Gasteiger partial charge is 0.319 e. The molecule has 10 heteroatoms. The van der Waals surface area contributed by atoms with Gasteiger partial charge in [0, 0.05) is 60.6 Å². The highest BCUT2D eigenvalue weighted by Gasteiger charge is 2.49. The summed E-state index contributed by atoms with van der Waals surface area (Å²) in [5.74, 6) is 2.70. The Kier molecular flexibility index (Phi) is 6.17. The number of piperazine rings is 1. The zero-order valence-electron chi connectivity index (χ0n) is 25.2. The molecule has 0 radical (unpaired) electrons. The van der Waals surface area contributed by atoms with Crippen LogP contribution in [0.1, 0.15) is 42.5 Å². The quantitative estimate of drug-likeness (QED) is 0.269. The number of nitrogens with zero attached hydrogens (tertiary/aromatic N) is 6. The molecule has 0 amide bonds. The minimum atomic E-state index is -0.612. The van der Waals surface area contributed by atoms with Crippen molar-refractivity contribution in [2.75, 3.05) is 31.1 Å². The second-order valence-electron chi connectivity index (χ2n) is 12.9. The van der Waals surface area contributed by atoms with E-state index >= 15 is 4.39 Å². The number of rotatable bonds is 5. The highest BCUT2D eigenvalue weighted by atomic mass is 19.1. The first kappa shape index (κ1) is 27.5. The van der Waals surface area contributed by atoms with Crippen LogP contribution >= 0.6 is 0 Å². The number of pyridine rings is 2. The second kappa shape index (κ2) is 10.3. The summed E-state index contributed by atoms with van der Waals surface area (Å²) in [6, 6.07) is 13.5. The molecule has 2 bridgehead atoms. The molecule has 230 valence electrons. The first-order chi connectivity index (χ1) is 22.5. The first-order valence-electron chi connectivity index (χ1n) is 15.9. The number of phenolic OH excluding ortho intramolecular Hbond substituents is 1. The fourth-order valence-corrected chi connectivity index (χ4v) is 8.27. The molecule has 4 aliphatic rings. The van der Waals surface area contributed by atoms with Crippen LogP contribution in [0.3, 0.4) is 0 Å². The molecule has 7 heterocycles. The van der Waals surface area contributed by atoms with E-state index in [0.29, 0.717) is 51.8 Å². The van der Waals surface area contributed by atoms with Crippen molar-refractivity contribution in [3.63, 3.8) is 0 Å². The fourth-order valence-electron chi connectivity index (χ4n) is 8.27. The Bertz CT molecular complexity index is 2090. The van der Waals surface area contributed by atoms with Gasteiger partial charge in [-0.2, -0.15) is 9.97 Å². The van der Waals surface area contributed by atoms with Gasteiger partial charge < -0.3 is 20.1 Å². The molecule has 1 unspecified atom stereocenters. The summed E-state index contributed by atoms with van der Waals surface area (Å²) >= 11 is 0. The lowest BCUT2D eigenvalue weighted by Crippen LogP contribution is -2.51. The Morgan fingerprint density at radius 2 is 1.98 bits per heavy atom. The van der Waals surface area contributed by atoms with Crippen LogP contribution in [0.25, 0.3) is 32.9 Å². The summed E-state index contributed by atoms with van der Waals surface area (Å²) in [6.45, 7) is 3.60. The molecule has 0 aliphatic carbocycles. The van der Waals surface area contributed by atoms with Crippen molar-refractivity contribution < 1.29 is 14.2 Å². The predicted octanol–water partition coefficient (Wildman–Crippen LogP) is 4.89. The molecule has 0 spiro atoms.